The Morgan fingerprint density at radius 3 is 2.40 bits per heavy atom. The van der Waals surface area contributed by atoms with Gasteiger partial charge in [0.2, 0.25) is 0 Å². The van der Waals surface area contributed by atoms with Gasteiger partial charge in [0.25, 0.3) is 5.91 Å². The van der Waals surface area contributed by atoms with E-state index in [9.17, 15) is 13.6 Å². The quantitative estimate of drug-likeness (QED) is 0.688. The average molecular weight is 360 g/mol. The third-order valence-electron chi connectivity index (χ3n) is 3.32. The van der Waals surface area contributed by atoms with Crippen LogP contribution in [0, 0.1) is 11.6 Å². The number of aromatic nitrogens is 1. The van der Waals surface area contributed by atoms with E-state index in [1.165, 1.54) is 54.7 Å². The second kappa shape index (κ2) is 7.27. The van der Waals surface area contributed by atoms with Crippen molar-refractivity contribution < 1.29 is 13.6 Å². The van der Waals surface area contributed by atoms with Gasteiger partial charge in [-0.3, -0.25) is 4.79 Å². The van der Waals surface area contributed by atoms with Gasteiger partial charge in [-0.15, -0.1) is 0 Å². The van der Waals surface area contributed by atoms with Crippen molar-refractivity contribution in [3.8, 4) is 0 Å². The van der Waals surface area contributed by atoms with E-state index in [1.807, 2.05) is 0 Å². The lowest BCUT2D eigenvalue weighted by molar-refractivity contribution is 0.102. The van der Waals surface area contributed by atoms with E-state index in [1.54, 1.807) is 6.07 Å². The first kappa shape index (κ1) is 16.9. The predicted molar refractivity (Wildman–Crippen MR) is 93.3 cm³/mol. The van der Waals surface area contributed by atoms with E-state index in [-0.39, 0.29) is 16.7 Å². The van der Waals surface area contributed by atoms with Crippen molar-refractivity contribution in [2.45, 2.75) is 0 Å². The van der Waals surface area contributed by atoms with E-state index in [0.717, 1.165) is 0 Å². The van der Waals surface area contributed by atoms with Crippen LogP contribution in [-0.4, -0.2) is 10.9 Å². The van der Waals surface area contributed by atoms with Gasteiger partial charge in [-0.1, -0.05) is 11.6 Å². The van der Waals surface area contributed by atoms with Crippen LogP contribution in [0.4, 0.5) is 26.0 Å². The Morgan fingerprint density at radius 1 is 0.960 bits per heavy atom. The Balaban J connectivity index is 1.75. The molecule has 4 nitrogen and oxygen atoms in total. The van der Waals surface area contributed by atoms with Gasteiger partial charge in [0.05, 0.1) is 5.02 Å². The molecule has 3 aromatic rings. The molecule has 0 saturated heterocycles. The molecule has 0 radical (unpaired) electrons. The number of carbonyl (C=O) groups is 1. The minimum absolute atomic E-state index is 0.0183. The summed E-state index contributed by atoms with van der Waals surface area (Å²) < 4.78 is 26.1. The molecule has 0 bridgehead atoms. The van der Waals surface area contributed by atoms with Crippen LogP contribution in [0.2, 0.25) is 5.02 Å². The molecule has 1 amide bonds. The molecule has 25 heavy (non-hydrogen) atoms. The van der Waals surface area contributed by atoms with E-state index in [0.29, 0.717) is 22.8 Å². The molecule has 0 spiro atoms. The summed E-state index contributed by atoms with van der Waals surface area (Å²) in [5, 5.41) is 5.59. The van der Waals surface area contributed by atoms with Gasteiger partial charge in [0.1, 0.15) is 17.5 Å². The van der Waals surface area contributed by atoms with Crippen molar-refractivity contribution in [2.24, 2.45) is 0 Å². The lowest BCUT2D eigenvalue weighted by Crippen LogP contribution is -2.12. The maximum atomic E-state index is 13.2. The Labute approximate surface area is 147 Å². The summed E-state index contributed by atoms with van der Waals surface area (Å²) in [6.45, 7) is 0. The second-order valence-electron chi connectivity index (χ2n) is 5.14. The van der Waals surface area contributed by atoms with Crippen molar-refractivity contribution in [3.05, 3.63) is 83.0 Å². The summed E-state index contributed by atoms with van der Waals surface area (Å²) in [4.78, 5) is 16.4. The Kier molecular flexibility index (Phi) is 4.90. The van der Waals surface area contributed by atoms with Crippen LogP contribution >= 0.6 is 11.6 Å². The van der Waals surface area contributed by atoms with Gasteiger partial charge < -0.3 is 10.6 Å². The highest BCUT2D eigenvalue weighted by Crippen LogP contribution is 2.22. The average Bonchev–Trinajstić information content (AvgIpc) is 2.60. The van der Waals surface area contributed by atoms with Crippen molar-refractivity contribution in [1.82, 2.24) is 4.98 Å². The molecule has 126 valence electrons. The summed E-state index contributed by atoms with van der Waals surface area (Å²) in [5.41, 5.74) is 1.37. The van der Waals surface area contributed by atoms with Gasteiger partial charge in [-0.05, 0) is 54.6 Å². The molecule has 0 atom stereocenters. The van der Waals surface area contributed by atoms with Crippen molar-refractivity contribution >= 4 is 34.7 Å². The smallest absolute Gasteiger partial charge is 0.255 e. The SMILES string of the molecule is O=C(Nc1ccc(F)cc1)c1ccnc(Nc2ccc(F)c(Cl)c2)c1. The molecule has 0 unspecified atom stereocenters. The molecule has 0 aliphatic rings. The second-order valence-corrected chi connectivity index (χ2v) is 5.55. The lowest BCUT2D eigenvalue weighted by atomic mass is 10.2. The Bertz CT molecular complexity index is 916. The topological polar surface area (TPSA) is 54.0 Å². The number of rotatable bonds is 4. The fraction of sp³-hybridized carbons (Fsp3) is 0. The van der Waals surface area contributed by atoms with Crippen LogP contribution in [0.5, 0.6) is 0 Å². The highest BCUT2D eigenvalue weighted by atomic mass is 35.5. The number of anilines is 3. The number of hydrogen-bond acceptors (Lipinski definition) is 3. The summed E-state index contributed by atoms with van der Waals surface area (Å²) in [7, 11) is 0. The van der Waals surface area contributed by atoms with E-state index >= 15 is 0 Å². The molecular formula is C18H12ClF2N3O. The summed E-state index contributed by atoms with van der Waals surface area (Å²) in [6.07, 6.45) is 1.47. The van der Waals surface area contributed by atoms with E-state index in [4.69, 9.17) is 11.6 Å². The predicted octanol–water partition coefficient (Wildman–Crippen LogP) is 5.01. The lowest BCUT2D eigenvalue weighted by Gasteiger charge is -2.09. The monoisotopic (exact) mass is 359 g/mol. The number of carbonyl (C=O) groups excluding carboxylic acids is 1. The van der Waals surface area contributed by atoms with Gasteiger partial charge in [-0.25, -0.2) is 13.8 Å². The standard InChI is InChI=1S/C18H12ClF2N3O/c19-15-10-14(5-6-16(15)21)23-17-9-11(7-8-22-17)18(25)24-13-3-1-12(20)2-4-13/h1-10H,(H,22,23)(H,24,25). The highest BCUT2D eigenvalue weighted by molar-refractivity contribution is 6.31. The molecule has 0 aliphatic carbocycles. The summed E-state index contributed by atoms with van der Waals surface area (Å²) >= 11 is 5.74. The minimum atomic E-state index is -0.521. The van der Waals surface area contributed by atoms with Crippen LogP contribution in [0.25, 0.3) is 0 Å². The third kappa shape index (κ3) is 4.30. The fourth-order valence-electron chi connectivity index (χ4n) is 2.10. The summed E-state index contributed by atoms with van der Waals surface area (Å²) in [6, 6.07) is 12.7. The van der Waals surface area contributed by atoms with Crippen LogP contribution < -0.4 is 10.6 Å². The van der Waals surface area contributed by atoms with Crippen molar-refractivity contribution in [2.75, 3.05) is 10.6 Å². The van der Waals surface area contributed by atoms with Gasteiger partial charge in [-0.2, -0.15) is 0 Å². The summed E-state index contributed by atoms with van der Waals surface area (Å²) in [5.74, 6) is -0.873. The number of nitrogens with zero attached hydrogens (tertiary/aromatic N) is 1. The Morgan fingerprint density at radius 2 is 1.68 bits per heavy atom. The zero-order chi connectivity index (χ0) is 17.8. The number of amides is 1. The van der Waals surface area contributed by atoms with E-state index in [2.05, 4.69) is 15.6 Å². The van der Waals surface area contributed by atoms with E-state index < -0.39 is 5.82 Å². The zero-order valence-electron chi connectivity index (χ0n) is 12.8. The van der Waals surface area contributed by atoms with Crippen molar-refractivity contribution in [3.63, 3.8) is 0 Å². The maximum absolute atomic E-state index is 13.2. The molecule has 0 saturated carbocycles. The van der Waals surface area contributed by atoms with Crippen LogP contribution in [-0.2, 0) is 0 Å². The molecule has 1 heterocycles. The number of halogens is 3. The molecular weight excluding hydrogens is 348 g/mol. The van der Waals surface area contributed by atoms with Crippen molar-refractivity contribution in [1.29, 1.82) is 0 Å². The third-order valence-corrected chi connectivity index (χ3v) is 3.61. The van der Waals surface area contributed by atoms with Gasteiger partial charge in [0, 0.05) is 23.1 Å². The largest absolute Gasteiger partial charge is 0.340 e. The number of nitrogens with one attached hydrogen (secondary N) is 2. The number of pyridine rings is 1. The molecule has 7 heteroatoms. The molecule has 1 aromatic heterocycles. The molecule has 0 fully saturated rings. The first-order valence-corrected chi connectivity index (χ1v) is 7.64. The maximum Gasteiger partial charge on any atom is 0.255 e. The van der Waals surface area contributed by atoms with Crippen LogP contribution in [0.3, 0.4) is 0 Å². The normalized spacial score (nSPS) is 10.4. The first-order valence-electron chi connectivity index (χ1n) is 7.26. The molecule has 3 rings (SSSR count). The molecule has 2 N–H and O–H groups in total. The van der Waals surface area contributed by atoms with Crippen LogP contribution in [0.15, 0.2) is 60.8 Å². The molecule has 2 aromatic carbocycles. The minimum Gasteiger partial charge on any atom is -0.340 e. The van der Waals surface area contributed by atoms with Gasteiger partial charge in [0.15, 0.2) is 0 Å². The van der Waals surface area contributed by atoms with Gasteiger partial charge >= 0.3 is 0 Å². The fourth-order valence-corrected chi connectivity index (χ4v) is 2.28. The molecule has 0 aliphatic heterocycles. The highest BCUT2D eigenvalue weighted by Gasteiger charge is 2.08. The first-order chi connectivity index (χ1) is 12.0. The zero-order valence-corrected chi connectivity index (χ0v) is 13.5. The van der Waals surface area contributed by atoms with Crippen LogP contribution in [0.1, 0.15) is 10.4 Å². The number of hydrogen-bond donors (Lipinski definition) is 2. The number of benzene rings is 2. The Hall–Kier alpha value is -2.99.